The minimum absolute atomic E-state index is 0.466. The summed E-state index contributed by atoms with van der Waals surface area (Å²) >= 11 is 6.22. The summed E-state index contributed by atoms with van der Waals surface area (Å²) in [5.74, 6) is 1.51. The van der Waals surface area contributed by atoms with Gasteiger partial charge in [0, 0.05) is 36.3 Å². The highest BCUT2D eigenvalue weighted by Gasteiger charge is 2.39. The molecule has 2 aliphatic heterocycles. The monoisotopic (exact) mass is 324 g/mol. The molecule has 22 heavy (non-hydrogen) atoms. The largest absolute Gasteiger partial charge is 0.493 e. The number of methoxy groups -OCH3 is 2. The van der Waals surface area contributed by atoms with E-state index in [9.17, 15) is 0 Å². The van der Waals surface area contributed by atoms with Crippen LogP contribution < -0.4 is 14.8 Å². The second kappa shape index (κ2) is 6.65. The Hall–Kier alpha value is -0.970. The molecule has 3 rings (SSSR count). The molecule has 5 heteroatoms. The van der Waals surface area contributed by atoms with E-state index >= 15 is 0 Å². The van der Waals surface area contributed by atoms with Gasteiger partial charge in [0.2, 0.25) is 0 Å². The number of piperidine rings is 1. The maximum atomic E-state index is 6.22. The van der Waals surface area contributed by atoms with Gasteiger partial charge in [-0.2, -0.15) is 0 Å². The van der Waals surface area contributed by atoms with E-state index in [2.05, 4.69) is 10.2 Å². The molecule has 1 spiro atoms. The molecule has 0 amide bonds. The lowest BCUT2D eigenvalue weighted by atomic mass is 9.80. The summed E-state index contributed by atoms with van der Waals surface area (Å²) in [6, 6.07) is 3.80. The number of hydrogen-bond donors (Lipinski definition) is 1. The van der Waals surface area contributed by atoms with Crippen molar-refractivity contribution in [3.05, 3.63) is 22.7 Å². The highest BCUT2D eigenvalue weighted by Crippen LogP contribution is 2.39. The Bertz CT molecular complexity index is 530. The van der Waals surface area contributed by atoms with Gasteiger partial charge in [-0.05, 0) is 43.8 Å². The Morgan fingerprint density at radius 3 is 2.82 bits per heavy atom. The lowest BCUT2D eigenvalue weighted by Gasteiger charge is -2.34. The van der Waals surface area contributed by atoms with Crippen LogP contribution in [0.25, 0.3) is 0 Å². The van der Waals surface area contributed by atoms with Gasteiger partial charge in [-0.25, -0.2) is 0 Å². The zero-order chi connectivity index (χ0) is 15.6. The average molecular weight is 325 g/mol. The van der Waals surface area contributed by atoms with E-state index in [0.717, 1.165) is 37.5 Å². The van der Waals surface area contributed by atoms with E-state index in [1.54, 1.807) is 20.3 Å². The normalized spacial score (nSPS) is 25.6. The van der Waals surface area contributed by atoms with Crippen LogP contribution in [0.2, 0.25) is 5.02 Å². The predicted molar refractivity (Wildman–Crippen MR) is 89.0 cm³/mol. The van der Waals surface area contributed by atoms with Gasteiger partial charge in [0.1, 0.15) is 0 Å². The first-order chi connectivity index (χ1) is 10.7. The lowest BCUT2D eigenvalue weighted by molar-refractivity contribution is 0.198. The van der Waals surface area contributed by atoms with Crippen LogP contribution in [-0.2, 0) is 6.54 Å². The molecule has 0 aliphatic carbocycles. The molecular weight excluding hydrogens is 300 g/mol. The van der Waals surface area contributed by atoms with Crippen LogP contribution in [0.4, 0.5) is 0 Å². The third-order valence-electron chi connectivity index (χ3n) is 4.99. The van der Waals surface area contributed by atoms with Crippen LogP contribution in [0.1, 0.15) is 24.8 Å². The molecule has 1 aromatic carbocycles. The molecule has 1 aromatic rings. The number of nitrogens with zero attached hydrogens (tertiary/aromatic N) is 1. The molecule has 2 fully saturated rings. The van der Waals surface area contributed by atoms with Crippen LogP contribution in [-0.4, -0.2) is 45.3 Å². The van der Waals surface area contributed by atoms with Crippen LogP contribution in [0.3, 0.4) is 0 Å². The van der Waals surface area contributed by atoms with Crippen LogP contribution in [0.15, 0.2) is 12.1 Å². The zero-order valence-corrected chi connectivity index (χ0v) is 14.2. The summed E-state index contributed by atoms with van der Waals surface area (Å²) < 4.78 is 10.9. The molecule has 0 saturated carbocycles. The summed E-state index contributed by atoms with van der Waals surface area (Å²) in [4.78, 5) is 2.51. The summed E-state index contributed by atoms with van der Waals surface area (Å²) in [5, 5.41) is 4.25. The van der Waals surface area contributed by atoms with Crippen molar-refractivity contribution in [1.82, 2.24) is 10.2 Å². The molecule has 0 aromatic heterocycles. The fourth-order valence-corrected chi connectivity index (χ4v) is 4.14. The first-order valence-electron chi connectivity index (χ1n) is 7.99. The lowest BCUT2D eigenvalue weighted by Crippen LogP contribution is -2.41. The smallest absolute Gasteiger partial charge is 0.165 e. The SMILES string of the molecule is COc1cc(Cl)cc(CN2CC[C@]3(CCCNC3)C2)c1OC. The quantitative estimate of drug-likeness (QED) is 0.923. The Morgan fingerprint density at radius 1 is 1.27 bits per heavy atom. The van der Waals surface area contributed by atoms with Crippen molar-refractivity contribution < 1.29 is 9.47 Å². The highest BCUT2D eigenvalue weighted by molar-refractivity contribution is 6.30. The number of rotatable bonds is 4. The molecule has 4 nitrogen and oxygen atoms in total. The fraction of sp³-hybridized carbons (Fsp3) is 0.647. The molecule has 0 radical (unpaired) electrons. The molecule has 122 valence electrons. The highest BCUT2D eigenvalue weighted by atomic mass is 35.5. The van der Waals surface area contributed by atoms with E-state index < -0.39 is 0 Å². The maximum Gasteiger partial charge on any atom is 0.165 e. The molecule has 2 saturated heterocycles. The molecule has 1 N–H and O–H groups in total. The zero-order valence-electron chi connectivity index (χ0n) is 13.5. The van der Waals surface area contributed by atoms with Gasteiger partial charge in [0.25, 0.3) is 0 Å². The number of benzene rings is 1. The minimum atomic E-state index is 0.466. The van der Waals surface area contributed by atoms with E-state index in [1.807, 2.05) is 6.07 Å². The minimum Gasteiger partial charge on any atom is -0.493 e. The first kappa shape index (κ1) is 15.9. The Labute approximate surface area is 137 Å². The number of hydrogen-bond acceptors (Lipinski definition) is 4. The van der Waals surface area contributed by atoms with Crippen molar-refractivity contribution in [2.24, 2.45) is 5.41 Å². The molecule has 2 heterocycles. The van der Waals surface area contributed by atoms with Crippen molar-refractivity contribution in [2.75, 3.05) is 40.4 Å². The van der Waals surface area contributed by atoms with E-state index in [-0.39, 0.29) is 0 Å². The standard InChI is InChI=1S/C17H25ClN2O2/c1-21-15-9-14(18)8-13(16(15)22-2)10-20-7-5-17(12-20)4-3-6-19-11-17/h8-9,19H,3-7,10-12H2,1-2H3/t17-/m0/s1. The molecule has 2 aliphatic rings. The van der Waals surface area contributed by atoms with Crippen LogP contribution in [0.5, 0.6) is 11.5 Å². The van der Waals surface area contributed by atoms with E-state index in [0.29, 0.717) is 16.2 Å². The molecule has 1 atom stereocenters. The van der Waals surface area contributed by atoms with Gasteiger partial charge in [0.05, 0.1) is 14.2 Å². The summed E-state index contributed by atoms with van der Waals surface area (Å²) in [6.07, 6.45) is 3.91. The van der Waals surface area contributed by atoms with Crippen molar-refractivity contribution in [3.63, 3.8) is 0 Å². The van der Waals surface area contributed by atoms with Gasteiger partial charge in [-0.3, -0.25) is 4.90 Å². The number of likely N-dealkylation sites (tertiary alicyclic amines) is 1. The maximum absolute atomic E-state index is 6.22. The third-order valence-corrected chi connectivity index (χ3v) is 5.21. The third kappa shape index (κ3) is 3.19. The topological polar surface area (TPSA) is 33.7 Å². The van der Waals surface area contributed by atoms with Gasteiger partial charge in [-0.15, -0.1) is 0 Å². The molecular formula is C17H25ClN2O2. The Kier molecular flexibility index (Phi) is 4.81. The number of ether oxygens (including phenoxy) is 2. The summed E-state index contributed by atoms with van der Waals surface area (Å²) in [6.45, 7) is 5.47. The van der Waals surface area contributed by atoms with Crippen molar-refractivity contribution >= 4 is 11.6 Å². The summed E-state index contributed by atoms with van der Waals surface area (Å²) in [7, 11) is 3.34. The summed E-state index contributed by atoms with van der Waals surface area (Å²) in [5.41, 5.74) is 1.57. The second-order valence-electron chi connectivity index (χ2n) is 6.54. The molecule has 0 unspecified atom stereocenters. The van der Waals surface area contributed by atoms with Crippen molar-refractivity contribution in [2.45, 2.75) is 25.8 Å². The van der Waals surface area contributed by atoms with E-state index in [4.69, 9.17) is 21.1 Å². The van der Waals surface area contributed by atoms with Gasteiger partial charge in [-0.1, -0.05) is 11.6 Å². The van der Waals surface area contributed by atoms with Crippen molar-refractivity contribution in [3.8, 4) is 11.5 Å². The first-order valence-corrected chi connectivity index (χ1v) is 8.37. The van der Waals surface area contributed by atoms with E-state index in [1.165, 1.54) is 25.8 Å². The Morgan fingerprint density at radius 2 is 2.14 bits per heavy atom. The predicted octanol–water partition coefficient (Wildman–Crippen LogP) is 2.93. The van der Waals surface area contributed by atoms with Gasteiger partial charge >= 0.3 is 0 Å². The number of halogens is 1. The number of nitrogens with one attached hydrogen (secondary N) is 1. The van der Waals surface area contributed by atoms with Crippen LogP contribution in [0, 0.1) is 5.41 Å². The average Bonchev–Trinajstić information content (AvgIpc) is 2.89. The van der Waals surface area contributed by atoms with Crippen molar-refractivity contribution in [1.29, 1.82) is 0 Å². The fourth-order valence-electron chi connectivity index (χ4n) is 3.91. The van der Waals surface area contributed by atoms with Crippen LogP contribution >= 0.6 is 11.6 Å². The van der Waals surface area contributed by atoms with Gasteiger partial charge < -0.3 is 14.8 Å². The second-order valence-corrected chi connectivity index (χ2v) is 6.98. The van der Waals surface area contributed by atoms with Gasteiger partial charge in [0.15, 0.2) is 11.5 Å². The Balaban J connectivity index is 1.75. The molecule has 0 bridgehead atoms.